The first kappa shape index (κ1) is 14.4. The fourth-order valence-electron chi connectivity index (χ4n) is 3.17. The number of rotatable bonds is 3. The van der Waals surface area contributed by atoms with E-state index in [2.05, 4.69) is 11.8 Å². The lowest BCUT2D eigenvalue weighted by molar-refractivity contribution is 0.415. The highest BCUT2D eigenvalue weighted by Crippen LogP contribution is 2.29. The predicted molar refractivity (Wildman–Crippen MR) is 89.9 cm³/mol. The van der Waals surface area contributed by atoms with Gasteiger partial charge in [0, 0.05) is 28.1 Å². The van der Waals surface area contributed by atoms with Crippen molar-refractivity contribution in [1.82, 2.24) is 0 Å². The molecule has 0 bridgehead atoms. The van der Waals surface area contributed by atoms with Gasteiger partial charge in [-0.2, -0.15) is 0 Å². The molecule has 3 nitrogen and oxygen atoms in total. The maximum absolute atomic E-state index is 12.9. The zero-order valence-corrected chi connectivity index (χ0v) is 13.4. The number of piperidine rings is 1. The number of ether oxygens (including phenoxy) is 1. The summed E-state index contributed by atoms with van der Waals surface area (Å²) in [6.07, 6.45) is 4.74. The number of benzene rings is 1. The van der Waals surface area contributed by atoms with Gasteiger partial charge in [0.1, 0.15) is 5.75 Å². The van der Waals surface area contributed by atoms with Crippen molar-refractivity contribution in [2.75, 3.05) is 18.6 Å². The molecule has 1 atom stereocenters. The van der Waals surface area contributed by atoms with Gasteiger partial charge in [0.05, 0.1) is 12.8 Å². The molecule has 0 spiro atoms. The van der Waals surface area contributed by atoms with E-state index >= 15 is 0 Å². The van der Waals surface area contributed by atoms with Crippen molar-refractivity contribution in [2.24, 2.45) is 0 Å². The summed E-state index contributed by atoms with van der Waals surface area (Å²) in [5.74, 6) is 0.745. The van der Waals surface area contributed by atoms with Crippen LogP contribution in [0, 0.1) is 0 Å². The lowest BCUT2D eigenvalue weighted by atomic mass is 9.99. The van der Waals surface area contributed by atoms with Crippen LogP contribution in [0.25, 0.3) is 10.1 Å². The average Bonchev–Trinajstić information content (AvgIpc) is 2.55. The van der Waals surface area contributed by atoms with Gasteiger partial charge in [-0.15, -0.1) is 11.3 Å². The van der Waals surface area contributed by atoms with E-state index in [-0.39, 0.29) is 5.43 Å². The van der Waals surface area contributed by atoms with Gasteiger partial charge in [0.2, 0.25) is 5.43 Å². The van der Waals surface area contributed by atoms with Crippen LogP contribution in [-0.4, -0.2) is 19.7 Å². The first-order valence-corrected chi connectivity index (χ1v) is 8.48. The van der Waals surface area contributed by atoms with Crippen LogP contribution in [0.1, 0.15) is 32.6 Å². The maximum Gasteiger partial charge on any atom is 0.211 e. The van der Waals surface area contributed by atoms with Crippen molar-refractivity contribution in [3.8, 4) is 5.75 Å². The Bertz CT molecular complexity index is 695. The molecule has 0 N–H and O–H groups in total. The maximum atomic E-state index is 12.9. The van der Waals surface area contributed by atoms with E-state index in [0.29, 0.717) is 6.04 Å². The Labute approximate surface area is 129 Å². The van der Waals surface area contributed by atoms with Crippen LogP contribution in [0.4, 0.5) is 5.69 Å². The smallest absolute Gasteiger partial charge is 0.211 e. The van der Waals surface area contributed by atoms with E-state index in [9.17, 15) is 4.79 Å². The fraction of sp³-hybridized carbons (Fsp3) is 0.471. The second-order valence-corrected chi connectivity index (χ2v) is 6.47. The summed E-state index contributed by atoms with van der Waals surface area (Å²) in [6, 6.07) is 6.25. The Morgan fingerprint density at radius 2 is 2.24 bits per heavy atom. The normalized spacial score (nSPS) is 19.0. The van der Waals surface area contributed by atoms with Gasteiger partial charge in [-0.1, -0.05) is 6.92 Å². The molecular weight excluding hydrogens is 282 g/mol. The van der Waals surface area contributed by atoms with Crippen LogP contribution < -0.4 is 15.1 Å². The van der Waals surface area contributed by atoms with Gasteiger partial charge in [0.15, 0.2) is 0 Å². The molecule has 3 rings (SSSR count). The monoisotopic (exact) mass is 303 g/mol. The summed E-state index contributed by atoms with van der Waals surface area (Å²) in [7, 11) is 1.64. The molecular formula is C17H21NO2S. The van der Waals surface area contributed by atoms with Crippen molar-refractivity contribution in [1.29, 1.82) is 0 Å². The minimum atomic E-state index is 0.142. The number of fused-ring (bicyclic) bond motifs is 1. The van der Waals surface area contributed by atoms with Gasteiger partial charge in [0.25, 0.3) is 0 Å². The number of nitrogens with zero attached hydrogens (tertiary/aromatic N) is 1. The Hall–Kier alpha value is -1.55. The lowest BCUT2D eigenvalue weighted by Gasteiger charge is -2.36. The van der Waals surface area contributed by atoms with Crippen molar-refractivity contribution in [2.45, 2.75) is 38.6 Å². The van der Waals surface area contributed by atoms with Gasteiger partial charge in [-0.05, 0) is 43.9 Å². The van der Waals surface area contributed by atoms with Crippen LogP contribution in [-0.2, 0) is 0 Å². The van der Waals surface area contributed by atoms with E-state index in [0.717, 1.165) is 34.5 Å². The van der Waals surface area contributed by atoms with Crippen LogP contribution in [0.3, 0.4) is 0 Å². The zero-order chi connectivity index (χ0) is 14.8. The van der Waals surface area contributed by atoms with Crippen molar-refractivity contribution < 1.29 is 4.74 Å². The third kappa shape index (κ3) is 2.64. The molecule has 112 valence electrons. The molecule has 0 saturated carbocycles. The third-order valence-corrected chi connectivity index (χ3v) is 5.32. The summed E-state index contributed by atoms with van der Waals surface area (Å²) in [5, 5.41) is 2.81. The lowest BCUT2D eigenvalue weighted by Crippen LogP contribution is -2.41. The molecule has 1 fully saturated rings. The minimum Gasteiger partial charge on any atom is -0.497 e. The van der Waals surface area contributed by atoms with E-state index < -0.39 is 0 Å². The molecule has 0 unspecified atom stereocenters. The molecule has 1 aromatic carbocycles. The number of methoxy groups -OCH3 is 1. The predicted octanol–water partition coefficient (Wildman–Crippen LogP) is 4.04. The first-order chi connectivity index (χ1) is 10.2. The molecule has 1 aliphatic rings. The molecule has 4 heteroatoms. The Balaban J connectivity index is 2.10. The SMILES string of the molecule is CC[C@@H]1CCCCN1c1csc2ccc(OC)cc2c1=O. The van der Waals surface area contributed by atoms with Crippen LogP contribution in [0.15, 0.2) is 28.4 Å². The first-order valence-electron chi connectivity index (χ1n) is 7.60. The largest absolute Gasteiger partial charge is 0.497 e. The minimum absolute atomic E-state index is 0.142. The molecule has 1 aromatic heterocycles. The van der Waals surface area contributed by atoms with Crippen molar-refractivity contribution in [3.05, 3.63) is 33.8 Å². The van der Waals surface area contributed by atoms with E-state index in [1.165, 1.54) is 19.3 Å². The van der Waals surface area contributed by atoms with Crippen LogP contribution in [0.5, 0.6) is 5.75 Å². The number of anilines is 1. The highest BCUT2D eigenvalue weighted by molar-refractivity contribution is 7.16. The number of hydrogen-bond acceptors (Lipinski definition) is 4. The highest BCUT2D eigenvalue weighted by atomic mass is 32.1. The fourth-order valence-corrected chi connectivity index (χ4v) is 4.07. The van der Waals surface area contributed by atoms with Gasteiger partial charge >= 0.3 is 0 Å². The van der Waals surface area contributed by atoms with E-state index in [1.54, 1.807) is 18.4 Å². The van der Waals surface area contributed by atoms with Crippen molar-refractivity contribution >= 4 is 27.1 Å². The van der Waals surface area contributed by atoms with E-state index in [4.69, 9.17) is 4.74 Å². The van der Waals surface area contributed by atoms with Gasteiger partial charge in [-0.3, -0.25) is 4.79 Å². The van der Waals surface area contributed by atoms with Crippen LogP contribution >= 0.6 is 11.3 Å². The summed E-state index contributed by atoms with van der Waals surface area (Å²) in [6.45, 7) is 3.21. The molecule has 0 radical (unpaired) electrons. The van der Waals surface area contributed by atoms with Crippen molar-refractivity contribution in [3.63, 3.8) is 0 Å². The molecule has 21 heavy (non-hydrogen) atoms. The van der Waals surface area contributed by atoms with Gasteiger partial charge in [-0.25, -0.2) is 0 Å². The second kappa shape index (κ2) is 6.06. The molecule has 2 aromatic rings. The summed E-state index contributed by atoms with van der Waals surface area (Å²) >= 11 is 1.65. The molecule has 2 heterocycles. The highest BCUT2D eigenvalue weighted by Gasteiger charge is 2.23. The Kier molecular flexibility index (Phi) is 4.15. The standard InChI is InChI=1S/C17H21NO2S/c1-3-12-6-4-5-9-18(12)15-11-21-16-8-7-13(20-2)10-14(16)17(15)19/h7-8,10-12H,3-6,9H2,1-2H3/t12-/m1/s1. The molecule has 1 saturated heterocycles. The molecule has 0 aliphatic carbocycles. The van der Waals surface area contributed by atoms with E-state index in [1.807, 2.05) is 23.6 Å². The summed E-state index contributed by atoms with van der Waals surface area (Å²) < 4.78 is 6.28. The molecule has 0 amide bonds. The zero-order valence-electron chi connectivity index (χ0n) is 12.6. The molecule has 1 aliphatic heterocycles. The Morgan fingerprint density at radius 3 is 3.00 bits per heavy atom. The number of hydrogen-bond donors (Lipinski definition) is 0. The second-order valence-electron chi connectivity index (χ2n) is 5.56. The quantitative estimate of drug-likeness (QED) is 0.857. The topological polar surface area (TPSA) is 29.5 Å². The third-order valence-electron chi connectivity index (χ3n) is 4.37. The van der Waals surface area contributed by atoms with Gasteiger partial charge < -0.3 is 9.64 Å². The summed E-state index contributed by atoms with van der Waals surface area (Å²) in [5.41, 5.74) is 1.01. The Morgan fingerprint density at radius 1 is 1.38 bits per heavy atom. The summed E-state index contributed by atoms with van der Waals surface area (Å²) in [4.78, 5) is 15.2. The van der Waals surface area contributed by atoms with Crippen LogP contribution in [0.2, 0.25) is 0 Å². The average molecular weight is 303 g/mol.